The molecule has 1 fully saturated rings. The van der Waals surface area contributed by atoms with Crippen LogP contribution in [0.5, 0.6) is 11.5 Å². The molecular weight excluding hydrogens is 400 g/mol. The third kappa shape index (κ3) is 2.78. The second-order valence-corrected chi connectivity index (χ2v) is 8.60. The highest BCUT2D eigenvalue weighted by Crippen LogP contribution is 2.36. The number of aromatic amines is 1. The Balaban J connectivity index is 1.44. The Bertz CT molecular complexity index is 1230. The summed E-state index contributed by atoms with van der Waals surface area (Å²) < 4.78 is 13.1. The number of aromatic nitrogens is 3. The van der Waals surface area contributed by atoms with E-state index >= 15 is 0 Å². The van der Waals surface area contributed by atoms with Gasteiger partial charge in [-0.05, 0) is 38.5 Å². The van der Waals surface area contributed by atoms with Crippen molar-refractivity contribution in [1.82, 2.24) is 19.3 Å². The largest absolute Gasteiger partial charge is 0.496 e. The van der Waals surface area contributed by atoms with Crippen molar-refractivity contribution < 1.29 is 14.3 Å². The number of H-pyrrole nitrogens is 1. The monoisotopic (exact) mass is 424 g/mol. The van der Waals surface area contributed by atoms with Crippen LogP contribution in [0.4, 0.5) is 0 Å². The Hall–Kier alpha value is -3.00. The second-order valence-electron chi connectivity index (χ2n) is 7.74. The maximum Gasteiger partial charge on any atom is 0.270 e. The number of amides is 1. The summed E-state index contributed by atoms with van der Waals surface area (Å²) >= 11 is 1.73. The van der Waals surface area contributed by atoms with Gasteiger partial charge in [0.05, 0.1) is 25.4 Å². The third-order valence-electron chi connectivity index (χ3n) is 5.97. The molecule has 0 spiro atoms. The lowest BCUT2D eigenvalue weighted by atomic mass is 10.1. The molecule has 1 unspecified atom stereocenters. The maximum atomic E-state index is 13.3. The molecule has 30 heavy (non-hydrogen) atoms. The lowest BCUT2D eigenvalue weighted by Crippen LogP contribution is -2.28. The van der Waals surface area contributed by atoms with Gasteiger partial charge in [0.15, 0.2) is 0 Å². The fourth-order valence-corrected chi connectivity index (χ4v) is 5.59. The number of thiazole rings is 1. The number of carbonyl (C=O) groups excluding carboxylic acids is 1. The van der Waals surface area contributed by atoms with Crippen molar-refractivity contribution in [1.29, 1.82) is 0 Å². The summed E-state index contributed by atoms with van der Waals surface area (Å²) in [6, 6.07) is 5.55. The zero-order valence-electron chi connectivity index (χ0n) is 17.5. The van der Waals surface area contributed by atoms with Crippen molar-refractivity contribution in [3.8, 4) is 11.5 Å². The Labute approximate surface area is 178 Å². The number of nitrogens with one attached hydrogen (secondary N) is 1. The molecule has 0 radical (unpaired) electrons. The highest BCUT2D eigenvalue weighted by Gasteiger charge is 2.32. The number of aryl methyl sites for hydroxylation is 2. The first kappa shape index (κ1) is 19.0. The Morgan fingerprint density at radius 1 is 1.23 bits per heavy atom. The van der Waals surface area contributed by atoms with Crippen LogP contribution in [0.1, 0.15) is 40.0 Å². The molecule has 0 bridgehead atoms. The molecule has 5 rings (SSSR count). The van der Waals surface area contributed by atoms with Gasteiger partial charge in [0, 0.05) is 35.5 Å². The zero-order chi connectivity index (χ0) is 21.0. The van der Waals surface area contributed by atoms with Gasteiger partial charge in [-0.1, -0.05) is 0 Å². The molecule has 1 N–H and O–H groups in total. The van der Waals surface area contributed by atoms with Crippen LogP contribution < -0.4 is 9.47 Å². The fraction of sp³-hybridized carbons (Fsp3) is 0.364. The number of hydrogen-bond acceptors (Lipinski definition) is 5. The minimum absolute atomic E-state index is 0.00709. The number of ether oxygens (including phenoxy) is 2. The van der Waals surface area contributed by atoms with E-state index in [2.05, 4.69) is 21.7 Å². The fourth-order valence-electron chi connectivity index (χ4n) is 4.49. The summed E-state index contributed by atoms with van der Waals surface area (Å²) in [7, 11) is 3.25. The summed E-state index contributed by atoms with van der Waals surface area (Å²) in [5.41, 5.74) is 3.64. The summed E-state index contributed by atoms with van der Waals surface area (Å²) in [4.78, 5) is 24.4. The topological polar surface area (TPSA) is 71.9 Å². The van der Waals surface area contributed by atoms with Gasteiger partial charge < -0.3 is 19.4 Å². The molecule has 0 saturated carbocycles. The molecular formula is C22H24N4O3S. The lowest BCUT2D eigenvalue weighted by Gasteiger charge is -2.15. The van der Waals surface area contributed by atoms with Crippen LogP contribution in [0.2, 0.25) is 0 Å². The Kier molecular flexibility index (Phi) is 4.47. The second kappa shape index (κ2) is 7.05. The number of benzene rings is 1. The number of likely N-dealkylation sites (tertiary alicyclic amines) is 1. The zero-order valence-corrected chi connectivity index (χ0v) is 18.3. The first-order valence-corrected chi connectivity index (χ1v) is 10.9. The molecule has 1 saturated heterocycles. The average molecular weight is 425 g/mol. The molecule has 4 heterocycles. The number of fused-ring (bicyclic) bond motifs is 2. The van der Waals surface area contributed by atoms with Gasteiger partial charge in [0.1, 0.15) is 27.8 Å². The quantitative estimate of drug-likeness (QED) is 0.534. The van der Waals surface area contributed by atoms with Crippen molar-refractivity contribution in [3.63, 3.8) is 0 Å². The van der Waals surface area contributed by atoms with Crippen molar-refractivity contribution in [2.45, 2.75) is 26.2 Å². The highest BCUT2D eigenvalue weighted by atomic mass is 32.1. The first-order chi connectivity index (χ1) is 14.5. The van der Waals surface area contributed by atoms with Crippen LogP contribution >= 0.6 is 11.3 Å². The van der Waals surface area contributed by atoms with E-state index in [4.69, 9.17) is 14.5 Å². The summed E-state index contributed by atoms with van der Waals surface area (Å²) in [5, 5.41) is 3.01. The van der Waals surface area contributed by atoms with E-state index in [9.17, 15) is 4.79 Å². The van der Waals surface area contributed by atoms with E-state index in [1.807, 2.05) is 30.0 Å². The first-order valence-electron chi connectivity index (χ1n) is 9.97. The van der Waals surface area contributed by atoms with Crippen LogP contribution in [-0.2, 0) is 0 Å². The third-order valence-corrected chi connectivity index (χ3v) is 7.04. The van der Waals surface area contributed by atoms with Gasteiger partial charge in [-0.15, -0.1) is 11.3 Å². The molecule has 3 aromatic heterocycles. The molecule has 156 valence electrons. The number of carbonyl (C=O) groups is 1. The number of nitrogens with zero attached hydrogens (tertiary/aromatic N) is 3. The summed E-state index contributed by atoms with van der Waals surface area (Å²) in [5.74, 6) is 2.66. The number of imidazole rings is 1. The van der Waals surface area contributed by atoms with Gasteiger partial charge in [-0.2, -0.15) is 0 Å². The Morgan fingerprint density at radius 3 is 2.77 bits per heavy atom. The van der Waals surface area contributed by atoms with Crippen LogP contribution in [0.25, 0.3) is 15.7 Å². The summed E-state index contributed by atoms with van der Waals surface area (Å²) in [6.07, 6.45) is 0.918. The van der Waals surface area contributed by atoms with Crippen LogP contribution in [0.3, 0.4) is 0 Å². The predicted molar refractivity (Wildman–Crippen MR) is 117 cm³/mol. The molecule has 1 atom stereocenters. The molecule has 1 aliphatic heterocycles. The van der Waals surface area contributed by atoms with E-state index in [0.717, 1.165) is 35.4 Å². The van der Waals surface area contributed by atoms with E-state index < -0.39 is 0 Å². The van der Waals surface area contributed by atoms with Crippen LogP contribution in [0, 0.1) is 13.8 Å². The normalized spacial score (nSPS) is 16.7. The van der Waals surface area contributed by atoms with Crippen molar-refractivity contribution >= 4 is 33.0 Å². The van der Waals surface area contributed by atoms with Gasteiger partial charge in [0.25, 0.3) is 5.91 Å². The smallest absolute Gasteiger partial charge is 0.270 e. The van der Waals surface area contributed by atoms with Crippen LogP contribution in [-0.4, -0.2) is 52.5 Å². The highest BCUT2D eigenvalue weighted by molar-refractivity contribution is 7.15. The van der Waals surface area contributed by atoms with Gasteiger partial charge in [-0.25, -0.2) is 4.98 Å². The van der Waals surface area contributed by atoms with Crippen molar-refractivity contribution in [2.24, 2.45) is 0 Å². The minimum Gasteiger partial charge on any atom is -0.496 e. The molecule has 7 nitrogen and oxygen atoms in total. The molecule has 0 aliphatic carbocycles. The van der Waals surface area contributed by atoms with E-state index in [0.29, 0.717) is 23.7 Å². The molecule has 1 amide bonds. The SMILES string of the molecule is COc1ccc(OC)c2[nH]c(C(=O)N3CCC(c4nc(C)n5c(C)csc45)C3)cc12. The van der Waals surface area contributed by atoms with Crippen LogP contribution in [0.15, 0.2) is 23.6 Å². The van der Waals surface area contributed by atoms with Gasteiger partial charge >= 0.3 is 0 Å². The van der Waals surface area contributed by atoms with E-state index in [1.54, 1.807) is 25.6 Å². The summed E-state index contributed by atoms with van der Waals surface area (Å²) in [6.45, 7) is 5.53. The Morgan fingerprint density at radius 2 is 2.00 bits per heavy atom. The van der Waals surface area contributed by atoms with Crippen molar-refractivity contribution in [3.05, 3.63) is 46.5 Å². The van der Waals surface area contributed by atoms with Gasteiger partial charge in [0.2, 0.25) is 0 Å². The van der Waals surface area contributed by atoms with Crippen molar-refractivity contribution in [2.75, 3.05) is 27.3 Å². The number of methoxy groups -OCH3 is 2. The van der Waals surface area contributed by atoms with E-state index in [-0.39, 0.29) is 11.8 Å². The average Bonchev–Trinajstić information content (AvgIpc) is 3.52. The maximum absolute atomic E-state index is 13.3. The number of hydrogen-bond donors (Lipinski definition) is 1. The predicted octanol–water partition coefficient (Wildman–Crippen LogP) is 4.14. The number of rotatable bonds is 4. The molecule has 1 aromatic carbocycles. The molecule has 4 aromatic rings. The van der Waals surface area contributed by atoms with E-state index in [1.165, 1.54) is 10.5 Å². The minimum atomic E-state index is -0.00709. The molecule has 1 aliphatic rings. The van der Waals surface area contributed by atoms with Gasteiger partial charge in [-0.3, -0.25) is 9.20 Å². The molecule has 8 heteroatoms. The standard InChI is InChI=1S/C22H24N4O3S/c1-12-11-30-22-19(23-13(2)26(12)22)14-7-8-25(10-14)21(27)16-9-15-17(28-3)5-6-18(29-4)20(15)24-16/h5-6,9,11,14,24H,7-8,10H2,1-4H3. The lowest BCUT2D eigenvalue weighted by molar-refractivity contribution is 0.0786.